The van der Waals surface area contributed by atoms with Gasteiger partial charge in [0, 0.05) is 11.1 Å². The van der Waals surface area contributed by atoms with Crippen molar-refractivity contribution in [2.45, 2.75) is 19.8 Å². The Balaban J connectivity index is 1.54. The molecule has 0 unspecified atom stereocenters. The SMILES string of the molecule is CCCCOc1ccc(OCC(=O)Nc2cccc3ccccc23)cc1. The highest BCUT2D eigenvalue weighted by molar-refractivity contribution is 6.02. The second kappa shape index (κ2) is 8.90. The molecule has 0 spiro atoms. The molecule has 0 fully saturated rings. The third kappa shape index (κ3) is 4.76. The maximum absolute atomic E-state index is 12.2. The number of nitrogens with one attached hydrogen (secondary N) is 1. The van der Waals surface area contributed by atoms with E-state index in [1.807, 2.05) is 66.7 Å². The summed E-state index contributed by atoms with van der Waals surface area (Å²) in [6.07, 6.45) is 2.14. The number of unbranched alkanes of at least 4 members (excludes halogenated alkanes) is 1. The predicted octanol–water partition coefficient (Wildman–Crippen LogP) is 5.04. The van der Waals surface area contributed by atoms with Gasteiger partial charge in [-0.3, -0.25) is 4.79 Å². The van der Waals surface area contributed by atoms with Crippen molar-refractivity contribution in [1.29, 1.82) is 0 Å². The molecule has 0 saturated heterocycles. The van der Waals surface area contributed by atoms with E-state index in [-0.39, 0.29) is 12.5 Å². The van der Waals surface area contributed by atoms with Gasteiger partial charge in [0.15, 0.2) is 6.61 Å². The number of amides is 1. The molecule has 4 nitrogen and oxygen atoms in total. The summed E-state index contributed by atoms with van der Waals surface area (Å²) in [5, 5.41) is 5.01. The maximum atomic E-state index is 12.2. The van der Waals surface area contributed by atoms with Gasteiger partial charge in [-0.1, -0.05) is 49.7 Å². The van der Waals surface area contributed by atoms with Gasteiger partial charge in [0.1, 0.15) is 11.5 Å². The highest BCUT2D eigenvalue weighted by Crippen LogP contribution is 2.23. The molecule has 3 aromatic carbocycles. The summed E-state index contributed by atoms with van der Waals surface area (Å²) in [5.74, 6) is 1.26. The van der Waals surface area contributed by atoms with Gasteiger partial charge in [0.2, 0.25) is 0 Å². The Morgan fingerprint density at radius 1 is 0.885 bits per heavy atom. The number of benzene rings is 3. The van der Waals surface area contributed by atoms with Crippen LogP contribution in [0.5, 0.6) is 11.5 Å². The number of fused-ring (bicyclic) bond motifs is 1. The Hall–Kier alpha value is -3.01. The molecule has 0 aliphatic heterocycles. The predicted molar refractivity (Wildman–Crippen MR) is 105 cm³/mol. The van der Waals surface area contributed by atoms with E-state index in [0.29, 0.717) is 12.4 Å². The lowest BCUT2D eigenvalue weighted by molar-refractivity contribution is -0.118. The molecule has 0 bridgehead atoms. The van der Waals surface area contributed by atoms with Crippen LogP contribution in [0.3, 0.4) is 0 Å². The van der Waals surface area contributed by atoms with Crippen molar-refractivity contribution in [1.82, 2.24) is 0 Å². The Morgan fingerprint density at radius 2 is 1.58 bits per heavy atom. The van der Waals surface area contributed by atoms with Gasteiger partial charge in [-0.05, 0) is 42.1 Å². The van der Waals surface area contributed by atoms with Gasteiger partial charge in [-0.2, -0.15) is 0 Å². The average Bonchev–Trinajstić information content (AvgIpc) is 2.68. The van der Waals surface area contributed by atoms with Crippen LogP contribution in [0.1, 0.15) is 19.8 Å². The number of rotatable bonds is 8. The fourth-order valence-corrected chi connectivity index (χ4v) is 2.64. The molecule has 0 heterocycles. The van der Waals surface area contributed by atoms with E-state index in [1.54, 1.807) is 0 Å². The topological polar surface area (TPSA) is 47.6 Å². The molecule has 1 N–H and O–H groups in total. The van der Waals surface area contributed by atoms with Gasteiger partial charge in [0.05, 0.1) is 6.61 Å². The van der Waals surface area contributed by atoms with E-state index < -0.39 is 0 Å². The van der Waals surface area contributed by atoms with Crippen LogP contribution in [0.25, 0.3) is 10.8 Å². The van der Waals surface area contributed by atoms with Crippen LogP contribution in [-0.2, 0) is 4.79 Å². The van der Waals surface area contributed by atoms with Crippen molar-refractivity contribution >= 4 is 22.4 Å². The molecule has 0 aliphatic rings. The second-order valence-corrected chi connectivity index (χ2v) is 6.04. The van der Waals surface area contributed by atoms with Crippen molar-refractivity contribution in [2.24, 2.45) is 0 Å². The lowest BCUT2D eigenvalue weighted by Gasteiger charge is -2.10. The molecule has 134 valence electrons. The van der Waals surface area contributed by atoms with Crippen molar-refractivity contribution in [3.8, 4) is 11.5 Å². The summed E-state index contributed by atoms with van der Waals surface area (Å²) in [5.41, 5.74) is 0.788. The summed E-state index contributed by atoms with van der Waals surface area (Å²) in [4.78, 5) is 12.2. The molecule has 26 heavy (non-hydrogen) atoms. The first kappa shape index (κ1) is 17.8. The van der Waals surface area contributed by atoms with E-state index in [9.17, 15) is 4.79 Å². The van der Waals surface area contributed by atoms with E-state index >= 15 is 0 Å². The first-order valence-electron chi connectivity index (χ1n) is 8.89. The van der Waals surface area contributed by atoms with E-state index in [2.05, 4.69) is 12.2 Å². The standard InChI is InChI=1S/C22H23NO3/c1-2-3-15-25-18-11-13-19(14-12-18)26-16-22(24)23-21-10-6-8-17-7-4-5-9-20(17)21/h4-14H,2-3,15-16H2,1H3,(H,23,24). The van der Waals surface area contributed by atoms with Crippen molar-refractivity contribution in [2.75, 3.05) is 18.5 Å². The van der Waals surface area contributed by atoms with Crippen molar-refractivity contribution in [3.05, 3.63) is 66.7 Å². The summed E-state index contributed by atoms with van der Waals surface area (Å²) >= 11 is 0. The van der Waals surface area contributed by atoms with Crippen LogP contribution in [-0.4, -0.2) is 19.1 Å². The largest absolute Gasteiger partial charge is 0.494 e. The molecule has 1 amide bonds. The Kier molecular flexibility index (Phi) is 6.09. The smallest absolute Gasteiger partial charge is 0.262 e. The third-order valence-electron chi connectivity index (χ3n) is 4.02. The van der Waals surface area contributed by atoms with Crippen LogP contribution in [0.15, 0.2) is 66.7 Å². The number of carbonyl (C=O) groups is 1. The lowest BCUT2D eigenvalue weighted by Crippen LogP contribution is -2.20. The van der Waals surface area contributed by atoms with Gasteiger partial charge in [0.25, 0.3) is 5.91 Å². The van der Waals surface area contributed by atoms with Crippen LogP contribution < -0.4 is 14.8 Å². The quantitative estimate of drug-likeness (QED) is 0.580. The molecule has 3 rings (SSSR count). The minimum atomic E-state index is -0.190. The van der Waals surface area contributed by atoms with Crippen molar-refractivity contribution < 1.29 is 14.3 Å². The molecular weight excluding hydrogens is 326 g/mol. The van der Waals surface area contributed by atoms with Crippen molar-refractivity contribution in [3.63, 3.8) is 0 Å². The number of anilines is 1. The summed E-state index contributed by atoms with van der Waals surface area (Å²) in [6, 6.07) is 21.1. The monoisotopic (exact) mass is 349 g/mol. The molecule has 0 radical (unpaired) electrons. The number of hydrogen-bond acceptors (Lipinski definition) is 3. The molecule has 0 aromatic heterocycles. The Bertz CT molecular complexity index is 853. The molecule has 3 aromatic rings. The van der Waals surface area contributed by atoms with Crippen LogP contribution in [0.2, 0.25) is 0 Å². The number of ether oxygens (including phenoxy) is 2. The molecule has 4 heteroatoms. The Morgan fingerprint density at radius 3 is 2.35 bits per heavy atom. The minimum absolute atomic E-state index is 0.0424. The van der Waals surface area contributed by atoms with Gasteiger partial charge in [-0.25, -0.2) is 0 Å². The maximum Gasteiger partial charge on any atom is 0.262 e. The van der Waals surface area contributed by atoms with E-state index in [0.717, 1.165) is 35.1 Å². The Labute approximate surface area is 153 Å². The molecule has 0 saturated carbocycles. The molecule has 0 atom stereocenters. The van der Waals surface area contributed by atoms with Gasteiger partial charge in [-0.15, -0.1) is 0 Å². The molecular formula is C22H23NO3. The first-order valence-corrected chi connectivity index (χ1v) is 8.89. The van der Waals surface area contributed by atoms with E-state index in [4.69, 9.17) is 9.47 Å². The second-order valence-electron chi connectivity index (χ2n) is 6.04. The summed E-state index contributed by atoms with van der Waals surface area (Å²) in [6.45, 7) is 2.80. The summed E-state index contributed by atoms with van der Waals surface area (Å²) in [7, 11) is 0. The van der Waals surface area contributed by atoms with Crippen LogP contribution in [0, 0.1) is 0 Å². The van der Waals surface area contributed by atoms with Crippen LogP contribution in [0.4, 0.5) is 5.69 Å². The van der Waals surface area contributed by atoms with Gasteiger partial charge >= 0.3 is 0 Å². The fourth-order valence-electron chi connectivity index (χ4n) is 2.64. The fraction of sp³-hybridized carbons (Fsp3) is 0.227. The number of carbonyl (C=O) groups excluding carboxylic acids is 1. The van der Waals surface area contributed by atoms with Gasteiger partial charge < -0.3 is 14.8 Å². The minimum Gasteiger partial charge on any atom is -0.494 e. The zero-order valence-corrected chi connectivity index (χ0v) is 14.9. The van der Waals surface area contributed by atoms with Crippen LogP contribution >= 0.6 is 0 Å². The normalized spacial score (nSPS) is 10.5. The lowest BCUT2D eigenvalue weighted by atomic mass is 10.1. The molecule has 0 aliphatic carbocycles. The third-order valence-corrected chi connectivity index (χ3v) is 4.02. The highest BCUT2D eigenvalue weighted by atomic mass is 16.5. The highest BCUT2D eigenvalue weighted by Gasteiger charge is 2.07. The zero-order valence-electron chi connectivity index (χ0n) is 14.9. The average molecular weight is 349 g/mol. The zero-order chi connectivity index (χ0) is 18.2. The first-order chi connectivity index (χ1) is 12.8. The summed E-state index contributed by atoms with van der Waals surface area (Å²) < 4.78 is 11.2. The number of hydrogen-bond donors (Lipinski definition) is 1. The van der Waals surface area contributed by atoms with E-state index in [1.165, 1.54) is 0 Å².